The van der Waals surface area contributed by atoms with Crippen LogP contribution in [-0.2, 0) is 6.54 Å². The van der Waals surface area contributed by atoms with Crippen molar-refractivity contribution in [2.45, 2.75) is 6.54 Å². The van der Waals surface area contributed by atoms with Gasteiger partial charge in [-0.1, -0.05) is 0 Å². The fourth-order valence-electron chi connectivity index (χ4n) is 1.47. The van der Waals surface area contributed by atoms with Crippen LogP contribution in [0, 0.1) is 5.82 Å². The largest absolute Gasteiger partial charge is 0.378 e. The second-order valence-electron chi connectivity index (χ2n) is 3.75. The lowest BCUT2D eigenvalue weighted by Crippen LogP contribution is -2.12. The molecule has 1 heterocycles. The molecule has 7 heteroatoms. The van der Waals surface area contributed by atoms with Crippen LogP contribution in [0.25, 0.3) is 0 Å². The van der Waals surface area contributed by atoms with Gasteiger partial charge < -0.3 is 11.1 Å². The minimum atomic E-state index is -0.579. The van der Waals surface area contributed by atoms with Crippen molar-refractivity contribution in [1.29, 1.82) is 0 Å². The maximum atomic E-state index is 13.6. The smallest absolute Gasteiger partial charge is 0.248 e. The van der Waals surface area contributed by atoms with E-state index in [0.717, 1.165) is 13.1 Å². The molecule has 0 saturated carbocycles. The van der Waals surface area contributed by atoms with Gasteiger partial charge in [-0.05, 0) is 56.1 Å². The Hall–Kier alpha value is -0.920. The van der Waals surface area contributed by atoms with E-state index in [9.17, 15) is 9.18 Å². The molecule has 1 aromatic heterocycles. The second-order valence-corrected chi connectivity index (χ2v) is 7.06. The van der Waals surface area contributed by atoms with Crippen molar-refractivity contribution in [2.75, 3.05) is 5.32 Å². The molecule has 0 unspecified atom stereocenters. The molecule has 0 aliphatic heterocycles. The highest BCUT2D eigenvalue weighted by atomic mass is 79.9. The van der Waals surface area contributed by atoms with E-state index in [4.69, 9.17) is 5.73 Å². The number of halogens is 3. The highest BCUT2D eigenvalue weighted by Gasteiger charge is 2.08. The van der Waals surface area contributed by atoms with Gasteiger partial charge in [0.1, 0.15) is 5.82 Å². The third-order valence-corrected chi connectivity index (χ3v) is 5.66. The van der Waals surface area contributed by atoms with Crippen LogP contribution in [-0.4, -0.2) is 5.91 Å². The number of primary amides is 1. The van der Waals surface area contributed by atoms with Gasteiger partial charge in [-0.25, -0.2) is 4.39 Å². The molecule has 0 radical (unpaired) electrons. The van der Waals surface area contributed by atoms with E-state index < -0.39 is 11.7 Å². The molecule has 19 heavy (non-hydrogen) atoms. The van der Waals surface area contributed by atoms with Crippen molar-refractivity contribution in [1.82, 2.24) is 0 Å². The normalized spacial score (nSPS) is 10.5. The number of hydrogen-bond acceptors (Lipinski definition) is 3. The number of thiophene rings is 1. The van der Waals surface area contributed by atoms with Crippen molar-refractivity contribution in [2.24, 2.45) is 5.73 Å². The topological polar surface area (TPSA) is 55.1 Å². The van der Waals surface area contributed by atoms with Crippen LogP contribution in [0.1, 0.15) is 15.2 Å². The summed E-state index contributed by atoms with van der Waals surface area (Å²) in [5, 5.41) is 2.95. The summed E-state index contributed by atoms with van der Waals surface area (Å²) in [6, 6.07) is 5.94. The second kappa shape index (κ2) is 6.02. The molecule has 100 valence electrons. The van der Waals surface area contributed by atoms with E-state index >= 15 is 0 Å². The van der Waals surface area contributed by atoms with Crippen LogP contribution in [0.3, 0.4) is 0 Å². The van der Waals surface area contributed by atoms with Crippen molar-refractivity contribution in [3.05, 3.63) is 48.8 Å². The van der Waals surface area contributed by atoms with Gasteiger partial charge in [0.15, 0.2) is 0 Å². The average Bonchev–Trinajstić information content (AvgIpc) is 2.67. The number of anilines is 1. The van der Waals surface area contributed by atoms with Gasteiger partial charge in [0.2, 0.25) is 5.91 Å². The van der Waals surface area contributed by atoms with E-state index in [1.807, 2.05) is 6.07 Å². The molecule has 1 amide bonds. The Balaban J connectivity index is 2.14. The Morgan fingerprint density at radius 1 is 1.37 bits per heavy atom. The third-order valence-electron chi connectivity index (χ3n) is 2.40. The van der Waals surface area contributed by atoms with Crippen molar-refractivity contribution >= 4 is 54.8 Å². The van der Waals surface area contributed by atoms with Crippen LogP contribution in [0.15, 0.2) is 32.5 Å². The molecular formula is C12H9Br2FN2OS. The lowest BCUT2D eigenvalue weighted by Gasteiger charge is -2.07. The summed E-state index contributed by atoms with van der Waals surface area (Å²) in [7, 11) is 0. The number of rotatable bonds is 4. The molecule has 3 N–H and O–H groups in total. The minimum absolute atomic E-state index is 0.261. The average molecular weight is 408 g/mol. The zero-order chi connectivity index (χ0) is 14.0. The Morgan fingerprint density at radius 3 is 2.68 bits per heavy atom. The minimum Gasteiger partial charge on any atom is -0.378 e. The van der Waals surface area contributed by atoms with Gasteiger partial charge >= 0.3 is 0 Å². The SMILES string of the molecule is NC(=O)c1ccc(F)c(NCc2cc(Br)c(Br)s2)c1. The maximum absolute atomic E-state index is 13.6. The van der Waals surface area contributed by atoms with E-state index in [0.29, 0.717) is 6.54 Å². The summed E-state index contributed by atoms with van der Waals surface area (Å²) >= 11 is 8.33. The number of nitrogens with two attached hydrogens (primary N) is 1. The number of hydrogen-bond donors (Lipinski definition) is 2. The predicted molar refractivity (Wildman–Crippen MR) is 82.0 cm³/mol. The molecule has 0 aliphatic carbocycles. The Morgan fingerprint density at radius 2 is 2.11 bits per heavy atom. The third kappa shape index (κ3) is 3.55. The fraction of sp³-hybridized carbons (Fsp3) is 0.0833. The van der Waals surface area contributed by atoms with E-state index in [1.54, 1.807) is 11.3 Å². The summed E-state index contributed by atoms with van der Waals surface area (Å²) in [4.78, 5) is 12.1. The number of benzene rings is 1. The van der Waals surface area contributed by atoms with Gasteiger partial charge in [0, 0.05) is 21.5 Å². The quantitative estimate of drug-likeness (QED) is 0.800. The van der Waals surface area contributed by atoms with E-state index in [-0.39, 0.29) is 11.3 Å². The zero-order valence-electron chi connectivity index (χ0n) is 9.54. The first-order valence-electron chi connectivity index (χ1n) is 5.24. The molecule has 0 spiro atoms. The molecule has 2 aromatic rings. The number of carbonyl (C=O) groups excluding carboxylic acids is 1. The maximum Gasteiger partial charge on any atom is 0.248 e. The van der Waals surface area contributed by atoms with Crippen molar-refractivity contribution in [3.63, 3.8) is 0 Å². The molecule has 0 fully saturated rings. The fourth-order valence-corrected chi connectivity index (χ4v) is 3.59. The first kappa shape index (κ1) is 14.5. The summed E-state index contributed by atoms with van der Waals surface area (Å²) < 4.78 is 15.5. The molecular weight excluding hydrogens is 399 g/mol. The Kier molecular flexibility index (Phi) is 4.59. The molecule has 1 aromatic carbocycles. The van der Waals surface area contributed by atoms with Crippen LogP contribution in [0.2, 0.25) is 0 Å². The monoisotopic (exact) mass is 406 g/mol. The van der Waals surface area contributed by atoms with Gasteiger partial charge in [-0.3, -0.25) is 4.79 Å². The summed E-state index contributed by atoms with van der Waals surface area (Å²) in [5.74, 6) is -0.996. The number of amides is 1. The summed E-state index contributed by atoms with van der Waals surface area (Å²) in [6.07, 6.45) is 0. The van der Waals surface area contributed by atoms with Crippen LogP contribution in [0.5, 0.6) is 0 Å². The standard InChI is InChI=1S/C12H9Br2FN2OS/c13-8-4-7(19-11(8)14)5-17-10-3-6(12(16)18)1-2-9(10)15/h1-4,17H,5H2,(H2,16,18). The van der Waals surface area contributed by atoms with E-state index in [2.05, 4.69) is 37.2 Å². The number of carbonyl (C=O) groups is 1. The lowest BCUT2D eigenvalue weighted by molar-refractivity contribution is 0.100. The zero-order valence-corrected chi connectivity index (χ0v) is 13.5. The molecule has 3 nitrogen and oxygen atoms in total. The van der Waals surface area contributed by atoms with Gasteiger partial charge in [-0.15, -0.1) is 11.3 Å². The first-order valence-corrected chi connectivity index (χ1v) is 7.64. The van der Waals surface area contributed by atoms with E-state index in [1.165, 1.54) is 18.2 Å². The van der Waals surface area contributed by atoms with Crippen LogP contribution >= 0.6 is 43.2 Å². The molecule has 0 bridgehead atoms. The molecule has 0 atom stereocenters. The van der Waals surface area contributed by atoms with Gasteiger partial charge in [0.05, 0.1) is 9.47 Å². The number of nitrogens with one attached hydrogen (secondary N) is 1. The predicted octanol–water partition coefficient (Wildman–Crippen LogP) is 4.12. The molecule has 2 rings (SSSR count). The van der Waals surface area contributed by atoms with Crippen LogP contribution < -0.4 is 11.1 Å². The molecule has 0 saturated heterocycles. The Bertz CT molecular complexity index is 611. The van der Waals surface area contributed by atoms with Crippen LogP contribution in [0.4, 0.5) is 10.1 Å². The van der Waals surface area contributed by atoms with Gasteiger partial charge in [-0.2, -0.15) is 0 Å². The van der Waals surface area contributed by atoms with Crippen molar-refractivity contribution in [3.8, 4) is 0 Å². The van der Waals surface area contributed by atoms with Crippen molar-refractivity contribution < 1.29 is 9.18 Å². The Labute approximate surface area is 130 Å². The first-order chi connectivity index (χ1) is 8.97. The lowest BCUT2D eigenvalue weighted by atomic mass is 10.2. The molecule has 0 aliphatic rings. The summed E-state index contributed by atoms with van der Waals surface area (Å²) in [5.41, 5.74) is 5.70. The highest BCUT2D eigenvalue weighted by molar-refractivity contribution is 9.13. The summed E-state index contributed by atoms with van der Waals surface area (Å²) in [6.45, 7) is 0.466. The van der Waals surface area contributed by atoms with Gasteiger partial charge in [0.25, 0.3) is 0 Å². The highest BCUT2D eigenvalue weighted by Crippen LogP contribution is 2.32.